The van der Waals surface area contributed by atoms with Crippen molar-refractivity contribution in [3.63, 3.8) is 0 Å². The molecule has 23 heavy (non-hydrogen) atoms. The number of methoxy groups -OCH3 is 1. The second-order valence-electron chi connectivity index (χ2n) is 4.25. The zero-order valence-corrected chi connectivity index (χ0v) is 15.1. The molecule has 2 rings (SSSR count). The SMILES string of the molecule is CCSc1nnc(NS(=O)(=O)CCOc2ccc(OC)cc2)s1. The lowest BCUT2D eigenvalue weighted by Gasteiger charge is -2.08. The molecule has 0 amide bonds. The van der Waals surface area contributed by atoms with Gasteiger partial charge in [0.1, 0.15) is 23.9 Å². The molecule has 0 saturated heterocycles. The number of ether oxygens (including phenoxy) is 2. The lowest BCUT2D eigenvalue weighted by molar-refractivity contribution is 0.340. The molecule has 0 aliphatic rings. The largest absolute Gasteiger partial charge is 0.497 e. The molecule has 126 valence electrons. The first-order valence-electron chi connectivity index (χ1n) is 6.76. The van der Waals surface area contributed by atoms with E-state index in [1.807, 2.05) is 6.92 Å². The van der Waals surface area contributed by atoms with Gasteiger partial charge in [0.15, 0.2) is 4.34 Å². The van der Waals surface area contributed by atoms with Crippen LogP contribution in [0.15, 0.2) is 28.6 Å². The fraction of sp³-hybridized carbons (Fsp3) is 0.385. The van der Waals surface area contributed by atoms with Gasteiger partial charge in [-0.3, -0.25) is 4.72 Å². The standard InChI is InChI=1S/C13H17N3O4S3/c1-3-21-13-15-14-12(22-13)16-23(17,18)9-8-20-11-6-4-10(19-2)5-7-11/h4-7H,3,8-9H2,1-2H3,(H,14,16). The minimum Gasteiger partial charge on any atom is -0.497 e. The van der Waals surface area contributed by atoms with Crippen LogP contribution in [0.1, 0.15) is 6.92 Å². The summed E-state index contributed by atoms with van der Waals surface area (Å²) in [5, 5.41) is 7.97. The van der Waals surface area contributed by atoms with Crippen LogP contribution >= 0.6 is 23.1 Å². The molecule has 1 heterocycles. The predicted molar refractivity (Wildman–Crippen MR) is 92.2 cm³/mol. The Morgan fingerprint density at radius 3 is 2.57 bits per heavy atom. The first-order valence-corrected chi connectivity index (χ1v) is 10.2. The van der Waals surface area contributed by atoms with Crippen LogP contribution in [0.4, 0.5) is 5.13 Å². The van der Waals surface area contributed by atoms with E-state index in [1.54, 1.807) is 31.4 Å². The Bertz CT molecular complexity index is 716. The summed E-state index contributed by atoms with van der Waals surface area (Å²) in [7, 11) is -1.94. The Morgan fingerprint density at radius 1 is 1.22 bits per heavy atom. The van der Waals surface area contributed by atoms with Gasteiger partial charge in [0.25, 0.3) is 0 Å². The molecule has 0 radical (unpaired) electrons. The fourth-order valence-corrected chi connectivity index (χ4v) is 4.32. The molecule has 0 spiro atoms. The number of hydrogen-bond acceptors (Lipinski definition) is 8. The normalized spacial score (nSPS) is 11.2. The Hall–Kier alpha value is -1.52. The van der Waals surface area contributed by atoms with E-state index in [1.165, 1.54) is 23.1 Å². The first-order chi connectivity index (χ1) is 11.0. The lowest BCUT2D eigenvalue weighted by Crippen LogP contribution is -2.21. The molecule has 0 aliphatic heterocycles. The summed E-state index contributed by atoms with van der Waals surface area (Å²) >= 11 is 2.73. The lowest BCUT2D eigenvalue weighted by atomic mass is 10.3. The zero-order chi connectivity index (χ0) is 16.7. The summed E-state index contributed by atoms with van der Waals surface area (Å²) in [6, 6.07) is 6.93. The van der Waals surface area contributed by atoms with E-state index in [9.17, 15) is 8.42 Å². The van der Waals surface area contributed by atoms with E-state index in [0.29, 0.717) is 11.5 Å². The van der Waals surface area contributed by atoms with Crippen molar-refractivity contribution in [1.82, 2.24) is 10.2 Å². The van der Waals surface area contributed by atoms with Gasteiger partial charge in [0, 0.05) is 0 Å². The van der Waals surface area contributed by atoms with Gasteiger partial charge in [-0.15, -0.1) is 10.2 Å². The molecule has 0 bridgehead atoms. The van der Waals surface area contributed by atoms with Gasteiger partial charge >= 0.3 is 0 Å². The Labute approximate surface area is 143 Å². The van der Waals surface area contributed by atoms with Crippen LogP contribution < -0.4 is 14.2 Å². The molecule has 1 aromatic heterocycles. The number of benzene rings is 1. The second-order valence-corrected chi connectivity index (χ2v) is 8.58. The van der Waals surface area contributed by atoms with Crippen LogP contribution in [0.25, 0.3) is 0 Å². The van der Waals surface area contributed by atoms with Crippen molar-refractivity contribution in [2.75, 3.05) is 29.9 Å². The molecule has 7 nitrogen and oxygen atoms in total. The molecule has 0 aliphatic carbocycles. The third-order valence-electron chi connectivity index (χ3n) is 2.60. The molecule has 1 N–H and O–H groups in total. The first kappa shape index (κ1) is 17.8. The van der Waals surface area contributed by atoms with Crippen LogP contribution in [-0.2, 0) is 10.0 Å². The van der Waals surface area contributed by atoms with Gasteiger partial charge < -0.3 is 9.47 Å². The maximum absolute atomic E-state index is 12.0. The van der Waals surface area contributed by atoms with Gasteiger partial charge in [-0.1, -0.05) is 30.0 Å². The summed E-state index contributed by atoms with van der Waals surface area (Å²) in [5.74, 6) is 1.98. The van der Waals surface area contributed by atoms with Crippen molar-refractivity contribution in [1.29, 1.82) is 0 Å². The molecular formula is C13H17N3O4S3. The summed E-state index contributed by atoms with van der Waals surface area (Å²) in [5.41, 5.74) is 0. The molecule has 0 unspecified atom stereocenters. The smallest absolute Gasteiger partial charge is 0.237 e. The van der Waals surface area contributed by atoms with Crippen LogP contribution in [0, 0.1) is 0 Å². The van der Waals surface area contributed by atoms with E-state index in [-0.39, 0.29) is 17.5 Å². The van der Waals surface area contributed by atoms with Crippen molar-refractivity contribution in [3.8, 4) is 11.5 Å². The van der Waals surface area contributed by atoms with Gasteiger partial charge in [-0.25, -0.2) is 8.42 Å². The molecule has 0 fully saturated rings. The maximum atomic E-state index is 12.0. The van der Waals surface area contributed by atoms with Crippen molar-refractivity contribution in [2.24, 2.45) is 0 Å². The molecule has 0 saturated carbocycles. The highest BCUT2D eigenvalue weighted by Crippen LogP contribution is 2.25. The molecule has 10 heteroatoms. The molecule has 2 aromatic rings. The van der Waals surface area contributed by atoms with Gasteiger partial charge in [0.2, 0.25) is 15.2 Å². The van der Waals surface area contributed by atoms with Gasteiger partial charge in [-0.2, -0.15) is 0 Å². The predicted octanol–water partition coefficient (Wildman–Crippen LogP) is 2.48. The number of nitrogens with one attached hydrogen (secondary N) is 1. The molecule has 0 atom stereocenters. The summed E-state index contributed by atoms with van der Waals surface area (Å²) < 4.78 is 37.5. The molecule has 1 aromatic carbocycles. The number of aromatic nitrogens is 2. The average molecular weight is 375 g/mol. The maximum Gasteiger partial charge on any atom is 0.237 e. The van der Waals surface area contributed by atoms with Crippen LogP contribution in [0.2, 0.25) is 0 Å². The zero-order valence-electron chi connectivity index (χ0n) is 12.7. The topological polar surface area (TPSA) is 90.4 Å². The minimum atomic E-state index is -3.52. The Kier molecular flexibility index (Phi) is 6.48. The van der Waals surface area contributed by atoms with Crippen molar-refractivity contribution in [3.05, 3.63) is 24.3 Å². The highest BCUT2D eigenvalue weighted by molar-refractivity contribution is 8.01. The minimum absolute atomic E-state index is 0.0387. The molecular weight excluding hydrogens is 358 g/mol. The third-order valence-corrected chi connectivity index (χ3v) is 5.79. The number of nitrogens with zero attached hydrogens (tertiary/aromatic N) is 2. The van der Waals surface area contributed by atoms with Crippen LogP contribution in [0.5, 0.6) is 11.5 Å². The summed E-state index contributed by atoms with van der Waals surface area (Å²) in [4.78, 5) is 0. The number of anilines is 1. The van der Waals surface area contributed by atoms with E-state index in [2.05, 4.69) is 14.9 Å². The van der Waals surface area contributed by atoms with E-state index in [0.717, 1.165) is 10.1 Å². The number of thioether (sulfide) groups is 1. The summed E-state index contributed by atoms with van der Waals surface area (Å²) in [6.45, 7) is 2.03. The van der Waals surface area contributed by atoms with Crippen molar-refractivity contribution < 1.29 is 17.9 Å². The van der Waals surface area contributed by atoms with E-state index < -0.39 is 10.0 Å². The van der Waals surface area contributed by atoms with Crippen LogP contribution in [0.3, 0.4) is 0 Å². The van der Waals surface area contributed by atoms with Crippen molar-refractivity contribution in [2.45, 2.75) is 11.3 Å². The van der Waals surface area contributed by atoms with E-state index in [4.69, 9.17) is 9.47 Å². The number of sulfonamides is 1. The average Bonchev–Trinajstić information content (AvgIpc) is 2.94. The highest BCUT2D eigenvalue weighted by Gasteiger charge is 2.14. The monoisotopic (exact) mass is 375 g/mol. The summed E-state index contributed by atoms with van der Waals surface area (Å²) in [6.07, 6.45) is 0. The Morgan fingerprint density at radius 2 is 1.91 bits per heavy atom. The highest BCUT2D eigenvalue weighted by atomic mass is 32.2. The fourth-order valence-electron chi connectivity index (χ4n) is 1.56. The van der Waals surface area contributed by atoms with Crippen molar-refractivity contribution >= 4 is 38.3 Å². The van der Waals surface area contributed by atoms with Gasteiger partial charge in [-0.05, 0) is 30.0 Å². The second kappa shape index (κ2) is 8.37. The number of rotatable bonds is 9. The van der Waals surface area contributed by atoms with E-state index >= 15 is 0 Å². The quantitative estimate of drug-likeness (QED) is 0.673. The number of hydrogen-bond donors (Lipinski definition) is 1. The Balaban J connectivity index is 1.82. The van der Waals surface area contributed by atoms with Gasteiger partial charge in [0.05, 0.1) is 7.11 Å². The third kappa shape index (κ3) is 5.88. The van der Waals surface area contributed by atoms with Crippen LogP contribution in [-0.4, -0.2) is 43.8 Å².